The largest absolute Gasteiger partial charge is 0.371 e. The van der Waals surface area contributed by atoms with Gasteiger partial charge in [-0.2, -0.15) is 5.10 Å². The Hall–Kier alpha value is -2.83. The number of hydrogen-bond acceptors (Lipinski definition) is 4. The van der Waals surface area contributed by atoms with Crippen LogP contribution in [0.15, 0.2) is 18.2 Å². The monoisotopic (exact) mass is 339 g/mol. The van der Waals surface area contributed by atoms with E-state index in [1.807, 2.05) is 6.07 Å². The van der Waals surface area contributed by atoms with Gasteiger partial charge in [0, 0.05) is 36.7 Å². The summed E-state index contributed by atoms with van der Waals surface area (Å²) in [7, 11) is 0. The lowest BCUT2D eigenvalue weighted by Gasteiger charge is -2.25. The summed E-state index contributed by atoms with van der Waals surface area (Å²) in [5, 5.41) is 9.41. The van der Waals surface area contributed by atoms with Crippen molar-refractivity contribution in [3.8, 4) is 0 Å². The Labute approximate surface area is 145 Å². The third-order valence-electron chi connectivity index (χ3n) is 5.12. The van der Waals surface area contributed by atoms with E-state index in [-0.39, 0.29) is 23.9 Å². The Morgan fingerprint density at radius 3 is 2.76 bits per heavy atom. The van der Waals surface area contributed by atoms with Crippen LogP contribution in [0, 0.1) is 6.92 Å². The third-order valence-corrected chi connectivity index (χ3v) is 5.12. The lowest BCUT2D eigenvalue weighted by molar-refractivity contribution is -0.116. The van der Waals surface area contributed by atoms with E-state index in [9.17, 15) is 9.59 Å². The SMILES string of the molecule is Cc1cc(C2CC(=O)Nc3n[nH]c(C(N)=O)c32)ccc1N1CCCC1. The zero-order valence-electron chi connectivity index (χ0n) is 14.1. The molecule has 0 spiro atoms. The van der Waals surface area contributed by atoms with E-state index >= 15 is 0 Å². The number of aryl methyl sites for hydroxylation is 1. The summed E-state index contributed by atoms with van der Waals surface area (Å²) in [5.74, 6) is -0.505. The Balaban J connectivity index is 1.75. The quantitative estimate of drug-likeness (QED) is 0.794. The van der Waals surface area contributed by atoms with E-state index in [4.69, 9.17) is 5.73 Å². The molecule has 0 bridgehead atoms. The highest BCUT2D eigenvalue weighted by atomic mass is 16.2. The van der Waals surface area contributed by atoms with Crippen molar-refractivity contribution in [2.75, 3.05) is 23.3 Å². The standard InChI is InChI=1S/C18H21N5O2/c1-10-8-11(4-5-13(10)23-6-2-3-7-23)12-9-14(24)20-18-15(12)16(17(19)25)21-22-18/h4-5,8,12H,2-3,6-7,9H2,1H3,(H2,19,25)(H2,20,21,22,24). The maximum Gasteiger partial charge on any atom is 0.267 e. The van der Waals surface area contributed by atoms with E-state index in [2.05, 4.69) is 39.5 Å². The van der Waals surface area contributed by atoms with E-state index in [0.717, 1.165) is 18.7 Å². The van der Waals surface area contributed by atoms with Crippen molar-refractivity contribution < 1.29 is 9.59 Å². The molecule has 7 heteroatoms. The van der Waals surface area contributed by atoms with Crippen molar-refractivity contribution in [2.45, 2.75) is 32.1 Å². The molecule has 2 aliphatic rings. The molecule has 4 rings (SSSR count). The van der Waals surface area contributed by atoms with Crippen LogP contribution in [0.5, 0.6) is 0 Å². The van der Waals surface area contributed by atoms with Crippen molar-refractivity contribution in [3.05, 3.63) is 40.6 Å². The molecule has 0 saturated carbocycles. The normalized spacial score (nSPS) is 19.6. The lowest BCUT2D eigenvalue weighted by Crippen LogP contribution is -2.25. The summed E-state index contributed by atoms with van der Waals surface area (Å²) in [5.41, 5.74) is 9.83. The Kier molecular flexibility index (Phi) is 3.71. The minimum Gasteiger partial charge on any atom is -0.371 e. The molecule has 1 atom stereocenters. The van der Waals surface area contributed by atoms with Gasteiger partial charge in [-0.1, -0.05) is 12.1 Å². The van der Waals surface area contributed by atoms with Crippen LogP contribution in [0.3, 0.4) is 0 Å². The molecule has 2 amide bonds. The number of primary amides is 1. The van der Waals surface area contributed by atoms with Crippen molar-refractivity contribution in [1.29, 1.82) is 0 Å². The van der Waals surface area contributed by atoms with Gasteiger partial charge in [0.05, 0.1) is 0 Å². The van der Waals surface area contributed by atoms with Crippen molar-refractivity contribution in [2.24, 2.45) is 5.73 Å². The topological polar surface area (TPSA) is 104 Å². The van der Waals surface area contributed by atoms with Gasteiger partial charge in [0.25, 0.3) is 5.91 Å². The molecule has 3 heterocycles. The fourth-order valence-electron chi connectivity index (χ4n) is 3.94. The number of rotatable bonds is 3. The second-order valence-corrected chi connectivity index (χ2v) is 6.77. The minimum atomic E-state index is -0.569. The van der Waals surface area contributed by atoms with E-state index < -0.39 is 5.91 Å². The average Bonchev–Trinajstić information content (AvgIpc) is 3.23. The fourth-order valence-corrected chi connectivity index (χ4v) is 3.94. The zero-order valence-corrected chi connectivity index (χ0v) is 14.1. The number of hydrogen-bond donors (Lipinski definition) is 3. The summed E-state index contributed by atoms with van der Waals surface area (Å²) < 4.78 is 0. The van der Waals surface area contributed by atoms with Gasteiger partial charge in [-0.3, -0.25) is 14.7 Å². The molecule has 1 fully saturated rings. The number of aromatic amines is 1. The smallest absolute Gasteiger partial charge is 0.267 e. The zero-order chi connectivity index (χ0) is 17.6. The number of nitrogens with two attached hydrogens (primary N) is 1. The van der Waals surface area contributed by atoms with E-state index in [0.29, 0.717) is 11.4 Å². The number of amides is 2. The first-order valence-electron chi connectivity index (χ1n) is 8.58. The van der Waals surface area contributed by atoms with E-state index in [1.165, 1.54) is 24.1 Å². The average molecular weight is 339 g/mol. The predicted octanol–water partition coefficient (Wildman–Crippen LogP) is 1.89. The van der Waals surface area contributed by atoms with Crippen LogP contribution in [0.1, 0.15) is 52.4 Å². The van der Waals surface area contributed by atoms with Crippen LogP contribution in [-0.4, -0.2) is 35.1 Å². The Morgan fingerprint density at radius 2 is 2.08 bits per heavy atom. The van der Waals surface area contributed by atoms with Crippen LogP contribution in [0.4, 0.5) is 11.5 Å². The van der Waals surface area contributed by atoms with Crippen LogP contribution in [0.25, 0.3) is 0 Å². The molecular weight excluding hydrogens is 318 g/mol. The summed E-state index contributed by atoms with van der Waals surface area (Å²) in [6, 6.07) is 6.27. The van der Waals surface area contributed by atoms with Crippen LogP contribution < -0.4 is 16.0 Å². The second kappa shape index (κ2) is 5.91. The highest BCUT2D eigenvalue weighted by Crippen LogP contribution is 2.39. The van der Waals surface area contributed by atoms with Crippen molar-refractivity contribution >= 4 is 23.3 Å². The number of nitrogens with one attached hydrogen (secondary N) is 2. The van der Waals surface area contributed by atoms with Gasteiger partial charge in [0.2, 0.25) is 5.91 Å². The first kappa shape index (κ1) is 15.7. The number of carbonyl (C=O) groups is 2. The molecule has 0 aliphatic carbocycles. The van der Waals surface area contributed by atoms with Crippen LogP contribution in [0.2, 0.25) is 0 Å². The summed E-state index contributed by atoms with van der Waals surface area (Å²) >= 11 is 0. The Morgan fingerprint density at radius 1 is 1.32 bits per heavy atom. The van der Waals surface area contributed by atoms with Gasteiger partial charge >= 0.3 is 0 Å². The highest BCUT2D eigenvalue weighted by molar-refractivity contribution is 6.00. The number of fused-ring (bicyclic) bond motifs is 1. The number of nitrogens with zero attached hydrogens (tertiary/aromatic N) is 2. The number of H-pyrrole nitrogens is 1. The van der Waals surface area contributed by atoms with Crippen LogP contribution in [-0.2, 0) is 4.79 Å². The van der Waals surface area contributed by atoms with Crippen molar-refractivity contribution in [1.82, 2.24) is 10.2 Å². The molecule has 2 aromatic rings. The third kappa shape index (κ3) is 2.65. The maximum atomic E-state index is 12.1. The predicted molar refractivity (Wildman–Crippen MR) is 94.8 cm³/mol. The summed E-state index contributed by atoms with van der Waals surface area (Å²) in [4.78, 5) is 26.2. The molecular formula is C18H21N5O2. The first-order valence-corrected chi connectivity index (χ1v) is 8.58. The second-order valence-electron chi connectivity index (χ2n) is 6.77. The maximum absolute atomic E-state index is 12.1. The van der Waals surface area contributed by atoms with Crippen molar-refractivity contribution in [3.63, 3.8) is 0 Å². The van der Waals surface area contributed by atoms with Gasteiger partial charge in [0.15, 0.2) is 5.82 Å². The highest BCUT2D eigenvalue weighted by Gasteiger charge is 2.33. The van der Waals surface area contributed by atoms with Gasteiger partial charge < -0.3 is 16.0 Å². The van der Waals surface area contributed by atoms with E-state index in [1.54, 1.807) is 0 Å². The molecule has 1 saturated heterocycles. The first-order chi connectivity index (χ1) is 12.0. The molecule has 25 heavy (non-hydrogen) atoms. The molecule has 0 radical (unpaired) electrons. The van der Waals surface area contributed by atoms with Gasteiger partial charge in [0.1, 0.15) is 5.69 Å². The number of aromatic nitrogens is 2. The lowest BCUT2D eigenvalue weighted by atomic mass is 9.84. The van der Waals surface area contributed by atoms with Crippen LogP contribution >= 0.6 is 0 Å². The number of carbonyl (C=O) groups excluding carboxylic acids is 2. The molecule has 130 valence electrons. The van der Waals surface area contributed by atoms with Gasteiger partial charge in [-0.15, -0.1) is 0 Å². The molecule has 1 aromatic heterocycles. The molecule has 1 unspecified atom stereocenters. The Bertz CT molecular complexity index is 851. The number of anilines is 2. The summed E-state index contributed by atoms with van der Waals surface area (Å²) in [6.07, 6.45) is 2.73. The van der Waals surface area contributed by atoms with Gasteiger partial charge in [-0.25, -0.2) is 0 Å². The minimum absolute atomic E-state index is 0.110. The molecule has 1 aromatic carbocycles. The number of benzene rings is 1. The molecule has 2 aliphatic heterocycles. The fraction of sp³-hybridized carbons (Fsp3) is 0.389. The van der Waals surface area contributed by atoms with Gasteiger partial charge in [-0.05, 0) is 37.0 Å². The molecule has 4 N–H and O–H groups in total. The molecule has 7 nitrogen and oxygen atoms in total. The summed E-state index contributed by atoms with van der Waals surface area (Å²) in [6.45, 7) is 4.26.